The molecule has 0 aliphatic heterocycles. The van der Waals surface area contributed by atoms with Gasteiger partial charge in [0.25, 0.3) is 0 Å². The lowest BCUT2D eigenvalue weighted by molar-refractivity contribution is -0.141. The lowest BCUT2D eigenvalue weighted by Gasteiger charge is -2.22. The molecule has 0 atom stereocenters. The van der Waals surface area contributed by atoms with Gasteiger partial charge in [-0.1, -0.05) is 18.2 Å². The molecule has 1 aromatic carbocycles. The number of carbonyl (C=O) groups excluding carboxylic acids is 1. The van der Waals surface area contributed by atoms with Crippen LogP contribution in [0.4, 0.5) is 5.69 Å². The second-order valence-electron chi connectivity index (χ2n) is 4.32. The Hall–Kier alpha value is -1.51. The number of para-hydroxylation sites is 1. The minimum Gasteiger partial charge on any atom is -0.466 e. The molecular weight excluding hydrogens is 226 g/mol. The normalized spacial score (nSPS) is 10.1. The molecule has 0 fully saturated rings. The third-order valence-corrected chi connectivity index (χ3v) is 2.88. The fourth-order valence-electron chi connectivity index (χ4n) is 1.91. The number of anilines is 1. The maximum atomic E-state index is 10.6. The molecular formula is C15H23NO2. The summed E-state index contributed by atoms with van der Waals surface area (Å²) in [5.41, 5.74) is 1.28. The Bertz CT molecular complexity index is 338. The van der Waals surface area contributed by atoms with Gasteiger partial charge in [-0.2, -0.15) is 0 Å². The molecule has 0 saturated carbocycles. The van der Waals surface area contributed by atoms with E-state index in [-0.39, 0.29) is 5.97 Å². The average molecular weight is 249 g/mol. The molecule has 1 aromatic rings. The third kappa shape index (κ3) is 5.71. The third-order valence-electron chi connectivity index (χ3n) is 2.88. The monoisotopic (exact) mass is 249 g/mol. The van der Waals surface area contributed by atoms with Crippen molar-refractivity contribution in [1.82, 2.24) is 0 Å². The highest BCUT2D eigenvalue weighted by molar-refractivity contribution is 5.65. The first-order valence-corrected chi connectivity index (χ1v) is 6.67. The molecule has 0 bridgehead atoms. The first-order chi connectivity index (χ1) is 8.74. The maximum Gasteiger partial charge on any atom is 0.302 e. The molecule has 18 heavy (non-hydrogen) atoms. The van der Waals surface area contributed by atoms with E-state index in [2.05, 4.69) is 36.1 Å². The molecule has 0 amide bonds. The van der Waals surface area contributed by atoms with Gasteiger partial charge in [0.2, 0.25) is 0 Å². The predicted molar refractivity (Wildman–Crippen MR) is 74.8 cm³/mol. The van der Waals surface area contributed by atoms with Gasteiger partial charge in [0.1, 0.15) is 0 Å². The summed E-state index contributed by atoms with van der Waals surface area (Å²) < 4.78 is 4.91. The fraction of sp³-hybridized carbons (Fsp3) is 0.533. The minimum absolute atomic E-state index is 0.186. The molecule has 0 heterocycles. The Kier molecular flexibility index (Phi) is 6.92. The SMILES string of the molecule is CCN(CCCCCOC(C)=O)c1ccccc1. The molecule has 3 nitrogen and oxygen atoms in total. The Morgan fingerprint density at radius 1 is 1.17 bits per heavy atom. The molecule has 3 heteroatoms. The Morgan fingerprint density at radius 2 is 1.89 bits per heavy atom. The van der Waals surface area contributed by atoms with E-state index in [4.69, 9.17) is 4.74 Å². The number of esters is 1. The van der Waals surface area contributed by atoms with Crippen LogP contribution in [0.5, 0.6) is 0 Å². The summed E-state index contributed by atoms with van der Waals surface area (Å²) in [5, 5.41) is 0. The number of hydrogen-bond acceptors (Lipinski definition) is 3. The van der Waals surface area contributed by atoms with Crippen molar-refractivity contribution < 1.29 is 9.53 Å². The first-order valence-electron chi connectivity index (χ1n) is 6.67. The number of ether oxygens (including phenoxy) is 1. The number of nitrogens with zero attached hydrogens (tertiary/aromatic N) is 1. The highest BCUT2D eigenvalue weighted by Crippen LogP contribution is 2.13. The van der Waals surface area contributed by atoms with Crippen molar-refractivity contribution in [2.24, 2.45) is 0 Å². The van der Waals surface area contributed by atoms with Gasteiger partial charge >= 0.3 is 5.97 Å². The Balaban J connectivity index is 2.19. The smallest absolute Gasteiger partial charge is 0.302 e. The zero-order valence-electron chi connectivity index (χ0n) is 11.4. The maximum absolute atomic E-state index is 10.6. The van der Waals surface area contributed by atoms with E-state index in [1.165, 1.54) is 12.6 Å². The van der Waals surface area contributed by atoms with Crippen LogP contribution in [0.2, 0.25) is 0 Å². The Labute approximate surface area is 110 Å². The lowest BCUT2D eigenvalue weighted by atomic mass is 10.2. The summed E-state index contributed by atoms with van der Waals surface area (Å²) in [4.78, 5) is 13.0. The summed E-state index contributed by atoms with van der Waals surface area (Å²) in [6.45, 7) is 6.25. The summed E-state index contributed by atoms with van der Waals surface area (Å²) >= 11 is 0. The van der Waals surface area contributed by atoms with Gasteiger partial charge in [-0.3, -0.25) is 4.79 Å². The molecule has 0 aromatic heterocycles. The quantitative estimate of drug-likeness (QED) is 0.523. The van der Waals surface area contributed by atoms with Crippen LogP contribution in [0.1, 0.15) is 33.1 Å². The highest BCUT2D eigenvalue weighted by Gasteiger charge is 2.02. The zero-order chi connectivity index (χ0) is 13.2. The predicted octanol–water partition coefficient (Wildman–Crippen LogP) is 3.25. The van der Waals surface area contributed by atoms with E-state index in [0.29, 0.717) is 6.61 Å². The van der Waals surface area contributed by atoms with Gasteiger partial charge < -0.3 is 9.64 Å². The van der Waals surface area contributed by atoms with Gasteiger partial charge in [0.15, 0.2) is 0 Å². The molecule has 0 aliphatic rings. The molecule has 0 spiro atoms. The molecule has 1 rings (SSSR count). The second-order valence-corrected chi connectivity index (χ2v) is 4.32. The van der Waals surface area contributed by atoms with E-state index in [9.17, 15) is 4.79 Å². The molecule has 0 aliphatic carbocycles. The largest absolute Gasteiger partial charge is 0.466 e. The molecule has 100 valence electrons. The van der Waals surface area contributed by atoms with E-state index in [1.54, 1.807) is 0 Å². The van der Waals surface area contributed by atoms with Gasteiger partial charge in [0, 0.05) is 25.7 Å². The van der Waals surface area contributed by atoms with Gasteiger partial charge in [0.05, 0.1) is 6.61 Å². The van der Waals surface area contributed by atoms with Crippen molar-refractivity contribution >= 4 is 11.7 Å². The summed E-state index contributed by atoms with van der Waals surface area (Å²) in [6, 6.07) is 10.5. The number of unbranched alkanes of at least 4 members (excludes halogenated alkanes) is 2. The van der Waals surface area contributed by atoms with Gasteiger partial charge in [-0.25, -0.2) is 0 Å². The number of hydrogen-bond donors (Lipinski definition) is 0. The van der Waals surface area contributed by atoms with Crippen molar-refractivity contribution in [1.29, 1.82) is 0 Å². The van der Waals surface area contributed by atoms with Crippen molar-refractivity contribution in [3.63, 3.8) is 0 Å². The summed E-state index contributed by atoms with van der Waals surface area (Å²) in [6.07, 6.45) is 3.17. The highest BCUT2D eigenvalue weighted by atomic mass is 16.5. The van der Waals surface area contributed by atoms with Gasteiger partial charge in [-0.15, -0.1) is 0 Å². The molecule has 0 N–H and O–H groups in total. The lowest BCUT2D eigenvalue weighted by Crippen LogP contribution is -2.23. The standard InChI is InChI=1S/C15H23NO2/c1-3-16(15-10-6-4-7-11-15)12-8-5-9-13-18-14(2)17/h4,6-7,10-11H,3,5,8-9,12-13H2,1-2H3. The number of carbonyl (C=O) groups is 1. The van der Waals surface area contributed by atoms with E-state index in [1.807, 2.05) is 6.07 Å². The van der Waals surface area contributed by atoms with Gasteiger partial charge in [-0.05, 0) is 38.3 Å². The van der Waals surface area contributed by atoms with E-state index >= 15 is 0 Å². The topological polar surface area (TPSA) is 29.5 Å². The van der Waals surface area contributed by atoms with Crippen LogP contribution in [0.25, 0.3) is 0 Å². The van der Waals surface area contributed by atoms with E-state index in [0.717, 1.165) is 32.4 Å². The molecule has 0 saturated heterocycles. The van der Waals surface area contributed by atoms with Crippen LogP contribution >= 0.6 is 0 Å². The van der Waals surface area contributed by atoms with Crippen molar-refractivity contribution in [3.8, 4) is 0 Å². The molecule has 0 radical (unpaired) electrons. The van der Waals surface area contributed by atoms with Crippen LogP contribution < -0.4 is 4.90 Å². The van der Waals surface area contributed by atoms with Crippen molar-refractivity contribution in [3.05, 3.63) is 30.3 Å². The number of benzene rings is 1. The zero-order valence-corrected chi connectivity index (χ0v) is 11.4. The van der Waals surface area contributed by atoms with Crippen LogP contribution in [-0.4, -0.2) is 25.7 Å². The van der Waals surface area contributed by atoms with Crippen LogP contribution in [0.3, 0.4) is 0 Å². The fourth-order valence-corrected chi connectivity index (χ4v) is 1.91. The summed E-state index contributed by atoms with van der Waals surface area (Å²) in [7, 11) is 0. The van der Waals surface area contributed by atoms with Crippen LogP contribution in [-0.2, 0) is 9.53 Å². The minimum atomic E-state index is -0.186. The number of rotatable bonds is 8. The van der Waals surface area contributed by atoms with Crippen molar-refractivity contribution in [2.75, 3.05) is 24.6 Å². The summed E-state index contributed by atoms with van der Waals surface area (Å²) in [5.74, 6) is -0.186. The Morgan fingerprint density at radius 3 is 2.50 bits per heavy atom. The van der Waals surface area contributed by atoms with Crippen LogP contribution in [0, 0.1) is 0 Å². The van der Waals surface area contributed by atoms with E-state index < -0.39 is 0 Å². The van der Waals surface area contributed by atoms with Crippen LogP contribution in [0.15, 0.2) is 30.3 Å². The molecule has 0 unspecified atom stereocenters. The average Bonchev–Trinajstić information content (AvgIpc) is 2.38. The van der Waals surface area contributed by atoms with Crippen molar-refractivity contribution in [2.45, 2.75) is 33.1 Å². The second kappa shape index (κ2) is 8.56. The first kappa shape index (κ1) is 14.6.